The van der Waals surface area contributed by atoms with Gasteiger partial charge in [-0.2, -0.15) is 0 Å². The fourth-order valence-electron chi connectivity index (χ4n) is 3.24. The van der Waals surface area contributed by atoms with E-state index in [9.17, 15) is 9.18 Å². The molecule has 144 valence electrons. The smallest absolute Gasteiger partial charge is 0.236 e. The summed E-state index contributed by atoms with van der Waals surface area (Å²) in [4.78, 5) is 16.5. The van der Waals surface area contributed by atoms with Crippen molar-refractivity contribution < 1.29 is 13.9 Å². The first-order chi connectivity index (χ1) is 13.2. The van der Waals surface area contributed by atoms with Gasteiger partial charge in [-0.05, 0) is 48.9 Å². The summed E-state index contributed by atoms with van der Waals surface area (Å²) < 4.78 is 18.8. The predicted molar refractivity (Wildman–Crippen MR) is 105 cm³/mol. The number of piperazine rings is 1. The Kier molecular flexibility index (Phi) is 6.65. The number of anilines is 1. The average molecular weight is 371 g/mol. The molecule has 27 heavy (non-hydrogen) atoms. The second kappa shape index (κ2) is 9.37. The molecule has 6 heteroatoms. The minimum Gasteiger partial charge on any atom is -0.497 e. The molecule has 2 aromatic carbocycles. The summed E-state index contributed by atoms with van der Waals surface area (Å²) in [5.41, 5.74) is 1.82. The van der Waals surface area contributed by atoms with Crippen LogP contribution in [0, 0.1) is 5.82 Å². The molecule has 2 aromatic rings. The Labute approximate surface area is 159 Å². The van der Waals surface area contributed by atoms with Crippen molar-refractivity contribution in [3.8, 4) is 5.75 Å². The van der Waals surface area contributed by atoms with E-state index in [1.807, 2.05) is 35.2 Å². The van der Waals surface area contributed by atoms with Gasteiger partial charge in [0.15, 0.2) is 0 Å². The molecule has 5 nitrogen and oxygen atoms in total. The molecule has 0 bridgehead atoms. The van der Waals surface area contributed by atoms with Crippen LogP contribution in [-0.4, -0.2) is 57.2 Å². The Hall–Kier alpha value is -2.60. The molecule has 1 aliphatic heterocycles. The van der Waals surface area contributed by atoms with Crippen molar-refractivity contribution in [3.05, 3.63) is 59.9 Å². The summed E-state index contributed by atoms with van der Waals surface area (Å²) in [6.07, 6.45) is 0.575. The summed E-state index contributed by atoms with van der Waals surface area (Å²) in [5.74, 6) is 0.743. The van der Waals surface area contributed by atoms with Gasteiger partial charge in [0.1, 0.15) is 11.6 Å². The Bertz CT molecular complexity index is 743. The number of benzene rings is 2. The molecule has 3 rings (SSSR count). The van der Waals surface area contributed by atoms with Gasteiger partial charge >= 0.3 is 0 Å². The van der Waals surface area contributed by atoms with Gasteiger partial charge in [0.05, 0.1) is 13.7 Å². The third-order valence-electron chi connectivity index (χ3n) is 4.88. The van der Waals surface area contributed by atoms with Crippen LogP contribution in [0.3, 0.4) is 0 Å². The molecule has 0 radical (unpaired) electrons. The highest BCUT2D eigenvalue weighted by Gasteiger charge is 2.20. The van der Waals surface area contributed by atoms with Crippen LogP contribution >= 0.6 is 0 Å². The molecule has 0 unspecified atom stereocenters. The van der Waals surface area contributed by atoms with Gasteiger partial charge in [-0.15, -0.1) is 0 Å². The Morgan fingerprint density at radius 3 is 2.44 bits per heavy atom. The van der Waals surface area contributed by atoms with Crippen LogP contribution in [0.1, 0.15) is 5.56 Å². The monoisotopic (exact) mass is 371 g/mol. The summed E-state index contributed by atoms with van der Waals surface area (Å²) in [5, 5.41) is 3.13. The predicted octanol–water partition coefficient (Wildman–Crippen LogP) is 2.32. The highest BCUT2D eigenvalue weighted by Crippen LogP contribution is 2.20. The highest BCUT2D eigenvalue weighted by molar-refractivity contribution is 5.78. The molecule has 0 saturated carbocycles. The number of hydrogen-bond acceptors (Lipinski definition) is 4. The summed E-state index contributed by atoms with van der Waals surface area (Å²) >= 11 is 0. The largest absolute Gasteiger partial charge is 0.497 e. The van der Waals surface area contributed by atoms with E-state index < -0.39 is 0 Å². The number of methoxy groups -OCH3 is 1. The zero-order valence-electron chi connectivity index (χ0n) is 15.7. The number of ether oxygens (including phenoxy) is 1. The lowest BCUT2D eigenvalue weighted by Crippen LogP contribution is -2.51. The van der Waals surface area contributed by atoms with E-state index in [-0.39, 0.29) is 18.3 Å². The standard InChI is InChI=1S/C21H26FN3O2/c1-27-19-8-6-18(7-9-19)24-12-14-25(15-13-24)21(26)16-23-11-10-17-4-2-3-5-20(17)22/h2-9,23H,10-16H2,1H3. The molecule has 1 saturated heterocycles. The summed E-state index contributed by atoms with van der Waals surface area (Å²) in [7, 11) is 1.66. The van der Waals surface area contributed by atoms with Crippen LogP contribution in [0.25, 0.3) is 0 Å². The summed E-state index contributed by atoms with van der Waals surface area (Å²) in [6, 6.07) is 14.7. The number of carbonyl (C=O) groups is 1. The van der Waals surface area contributed by atoms with Gasteiger partial charge in [-0.25, -0.2) is 4.39 Å². The van der Waals surface area contributed by atoms with E-state index in [0.717, 1.165) is 24.5 Å². The number of amides is 1. The van der Waals surface area contributed by atoms with Gasteiger partial charge in [-0.3, -0.25) is 4.79 Å². The van der Waals surface area contributed by atoms with Crippen LogP contribution in [0.15, 0.2) is 48.5 Å². The third kappa shape index (κ3) is 5.20. The average Bonchev–Trinajstić information content (AvgIpc) is 2.72. The maximum absolute atomic E-state index is 13.6. The number of rotatable bonds is 7. The van der Waals surface area contributed by atoms with E-state index >= 15 is 0 Å². The first kappa shape index (κ1) is 19.2. The first-order valence-corrected chi connectivity index (χ1v) is 9.28. The zero-order chi connectivity index (χ0) is 19.1. The van der Waals surface area contributed by atoms with E-state index in [1.54, 1.807) is 19.2 Å². The van der Waals surface area contributed by atoms with Crippen molar-refractivity contribution in [2.24, 2.45) is 0 Å². The van der Waals surface area contributed by atoms with Gasteiger partial charge in [0.2, 0.25) is 5.91 Å². The molecule has 0 atom stereocenters. The Balaban J connectivity index is 1.38. The topological polar surface area (TPSA) is 44.8 Å². The van der Waals surface area contributed by atoms with Crippen molar-refractivity contribution in [1.82, 2.24) is 10.2 Å². The fourth-order valence-corrected chi connectivity index (χ4v) is 3.24. The number of hydrogen-bond donors (Lipinski definition) is 1. The van der Waals surface area contributed by atoms with Crippen molar-refractivity contribution >= 4 is 11.6 Å². The van der Waals surface area contributed by atoms with E-state index in [0.29, 0.717) is 31.6 Å². The van der Waals surface area contributed by atoms with Gasteiger partial charge in [0, 0.05) is 31.9 Å². The second-order valence-electron chi connectivity index (χ2n) is 6.58. The SMILES string of the molecule is COc1ccc(N2CCN(C(=O)CNCCc3ccccc3F)CC2)cc1. The Morgan fingerprint density at radius 1 is 1.07 bits per heavy atom. The number of halogens is 1. The second-order valence-corrected chi connectivity index (χ2v) is 6.58. The maximum atomic E-state index is 13.6. The first-order valence-electron chi connectivity index (χ1n) is 9.28. The van der Waals surface area contributed by atoms with Gasteiger partial charge in [-0.1, -0.05) is 18.2 Å². The quantitative estimate of drug-likeness (QED) is 0.759. The van der Waals surface area contributed by atoms with Crippen molar-refractivity contribution in [2.75, 3.05) is 51.3 Å². The van der Waals surface area contributed by atoms with Crippen LogP contribution < -0.4 is 15.0 Å². The third-order valence-corrected chi connectivity index (χ3v) is 4.88. The van der Waals surface area contributed by atoms with E-state index in [1.165, 1.54) is 6.07 Å². The lowest BCUT2D eigenvalue weighted by atomic mass is 10.1. The minimum absolute atomic E-state index is 0.0953. The van der Waals surface area contributed by atoms with Crippen molar-refractivity contribution in [2.45, 2.75) is 6.42 Å². The van der Waals surface area contributed by atoms with E-state index in [4.69, 9.17) is 4.74 Å². The van der Waals surface area contributed by atoms with Crippen molar-refractivity contribution in [1.29, 1.82) is 0 Å². The molecular weight excluding hydrogens is 345 g/mol. The van der Waals surface area contributed by atoms with Gasteiger partial charge < -0.3 is 19.9 Å². The van der Waals surface area contributed by atoms with Crippen LogP contribution in [0.5, 0.6) is 5.75 Å². The highest BCUT2D eigenvalue weighted by atomic mass is 19.1. The molecule has 0 aliphatic carbocycles. The molecule has 1 fully saturated rings. The minimum atomic E-state index is -0.194. The molecule has 0 aromatic heterocycles. The summed E-state index contributed by atoms with van der Waals surface area (Å²) in [6.45, 7) is 3.91. The lowest BCUT2D eigenvalue weighted by Gasteiger charge is -2.36. The number of nitrogens with one attached hydrogen (secondary N) is 1. The number of carbonyl (C=O) groups excluding carboxylic acids is 1. The molecule has 0 spiro atoms. The van der Waals surface area contributed by atoms with Crippen LogP contribution in [0.4, 0.5) is 10.1 Å². The molecule has 1 amide bonds. The van der Waals surface area contributed by atoms with E-state index in [2.05, 4.69) is 10.2 Å². The van der Waals surface area contributed by atoms with Gasteiger partial charge in [0.25, 0.3) is 0 Å². The lowest BCUT2D eigenvalue weighted by molar-refractivity contribution is -0.130. The fraction of sp³-hybridized carbons (Fsp3) is 0.381. The molecule has 1 aliphatic rings. The zero-order valence-corrected chi connectivity index (χ0v) is 15.7. The molecular formula is C21H26FN3O2. The van der Waals surface area contributed by atoms with Crippen LogP contribution in [0.2, 0.25) is 0 Å². The normalized spacial score (nSPS) is 14.3. The number of nitrogens with zero attached hydrogens (tertiary/aromatic N) is 2. The molecule has 1 heterocycles. The Morgan fingerprint density at radius 2 is 1.78 bits per heavy atom. The van der Waals surface area contributed by atoms with Crippen molar-refractivity contribution in [3.63, 3.8) is 0 Å². The molecule has 1 N–H and O–H groups in total. The maximum Gasteiger partial charge on any atom is 0.236 e. The van der Waals surface area contributed by atoms with Crippen LogP contribution in [-0.2, 0) is 11.2 Å².